The molecule has 6 nitrogen and oxygen atoms in total. The first-order chi connectivity index (χ1) is 7.15. The van der Waals surface area contributed by atoms with Crippen LogP contribution >= 0.6 is 0 Å². The maximum Gasteiger partial charge on any atom is 0.252 e. The molecule has 15 heavy (non-hydrogen) atoms. The number of fused-ring (bicyclic) bond motifs is 1. The number of aliphatic hydroxyl groups is 2. The fraction of sp³-hybridized carbons (Fsp3) is 1.00. The van der Waals surface area contributed by atoms with E-state index in [1.807, 2.05) is 0 Å². The molecule has 4 aliphatic heterocycles. The Balaban J connectivity index is 1.27. The number of hydrogen-bond acceptors (Lipinski definition) is 6. The highest BCUT2D eigenvalue weighted by Gasteiger charge is 2.81. The number of ether oxygens (including phenoxy) is 4. The van der Waals surface area contributed by atoms with E-state index in [4.69, 9.17) is 18.9 Å². The summed E-state index contributed by atoms with van der Waals surface area (Å²) < 4.78 is 20.3. The number of epoxide rings is 4. The second-order valence-electron chi connectivity index (χ2n) is 4.64. The van der Waals surface area contributed by atoms with Crippen molar-refractivity contribution in [3.63, 3.8) is 0 Å². The summed E-state index contributed by atoms with van der Waals surface area (Å²) in [6.07, 6.45) is -0.822. The van der Waals surface area contributed by atoms with Gasteiger partial charge in [0.2, 0.25) is 12.1 Å². The molecular formula is C9H12O6. The lowest BCUT2D eigenvalue weighted by molar-refractivity contribution is -0.115. The van der Waals surface area contributed by atoms with Gasteiger partial charge in [-0.25, -0.2) is 0 Å². The molecule has 4 atom stereocenters. The average Bonchev–Trinajstić information content (AvgIpc) is 2.94. The largest absolute Gasteiger partial charge is 0.393 e. The van der Waals surface area contributed by atoms with E-state index in [0.717, 1.165) is 0 Å². The van der Waals surface area contributed by atoms with Crippen molar-refractivity contribution >= 4 is 0 Å². The smallest absolute Gasteiger partial charge is 0.252 e. The fourth-order valence-corrected chi connectivity index (χ4v) is 2.11. The second-order valence-corrected chi connectivity index (χ2v) is 4.64. The minimum absolute atomic E-state index is 0.00626. The van der Waals surface area contributed by atoms with Gasteiger partial charge < -0.3 is 29.2 Å². The lowest BCUT2D eigenvalue weighted by Crippen LogP contribution is -2.28. The van der Waals surface area contributed by atoms with Crippen molar-refractivity contribution < 1.29 is 29.2 Å². The molecule has 0 amide bonds. The van der Waals surface area contributed by atoms with Crippen LogP contribution in [0.4, 0.5) is 0 Å². The molecule has 4 rings (SSSR count). The van der Waals surface area contributed by atoms with Gasteiger partial charge in [-0.15, -0.1) is 0 Å². The Hall–Kier alpha value is -0.240. The normalized spacial score (nSPS) is 57.2. The molecule has 4 fully saturated rings. The molecule has 0 aromatic carbocycles. The summed E-state index contributed by atoms with van der Waals surface area (Å²) in [6.45, 7) is 0.630. The Kier molecular flexibility index (Phi) is 1.40. The molecule has 0 aromatic heterocycles. The van der Waals surface area contributed by atoms with Gasteiger partial charge in [0.25, 0.3) is 5.79 Å². The monoisotopic (exact) mass is 216 g/mol. The zero-order chi connectivity index (χ0) is 10.3. The number of rotatable bonds is 5. The molecule has 4 heterocycles. The van der Waals surface area contributed by atoms with E-state index in [1.165, 1.54) is 0 Å². The van der Waals surface area contributed by atoms with Crippen molar-refractivity contribution in [1.82, 2.24) is 0 Å². The molecule has 0 radical (unpaired) electrons. The van der Waals surface area contributed by atoms with Crippen LogP contribution in [0.25, 0.3) is 0 Å². The molecule has 4 unspecified atom stereocenters. The van der Waals surface area contributed by atoms with Crippen molar-refractivity contribution in [2.75, 3.05) is 6.61 Å². The van der Waals surface area contributed by atoms with Crippen molar-refractivity contribution in [2.24, 2.45) is 0 Å². The summed E-state index contributed by atoms with van der Waals surface area (Å²) in [6, 6.07) is 0. The highest BCUT2D eigenvalue weighted by atomic mass is 17.0. The van der Waals surface area contributed by atoms with Crippen molar-refractivity contribution in [2.45, 2.75) is 49.0 Å². The standard InChI is InChI=1S/C9H12O6/c10-4(2-6-8(13-6)3-12-8)1-5(11)9-7(14-9)15-9/h4-7,10-11H,1-3H2. The minimum atomic E-state index is -0.765. The molecule has 6 heteroatoms. The highest BCUT2D eigenvalue weighted by molar-refractivity contribution is 5.09. The summed E-state index contributed by atoms with van der Waals surface area (Å²) >= 11 is 0. The topological polar surface area (TPSA) is 90.6 Å². The quantitative estimate of drug-likeness (QED) is 0.555. The molecule has 2 N–H and O–H groups in total. The maximum absolute atomic E-state index is 9.69. The zero-order valence-electron chi connectivity index (χ0n) is 7.96. The van der Waals surface area contributed by atoms with E-state index in [0.29, 0.717) is 13.0 Å². The lowest BCUT2D eigenvalue weighted by Gasteiger charge is -2.14. The van der Waals surface area contributed by atoms with Gasteiger partial charge in [-0.2, -0.15) is 0 Å². The fourth-order valence-electron chi connectivity index (χ4n) is 2.11. The summed E-state index contributed by atoms with van der Waals surface area (Å²) in [5, 5.41) is 19.4. The van der Waals surface area contributed by atoms with E-state index in [1.54, 1.807) is 0 Å². The van der Waals surface area contributed by atoms with Crippen molar-refractivity contribution in [1.29, 1.82) is 0 Å². The van der Waals surface area contributed by atoms with E-state index in [-0.39, 0.29) is 24.6 Å². The Morgan fingerprint density at radius 1 is 1.27 bits per heavy atom. The van der Waals surface area contributed by atoms with Crippen LogP contribution in [0.5, 0.6) is 0 Å². The van der Waals surface area contributed by atoms with Gasteiger partial charge in [-0.1, -0.05) is 0 Å². The molecular weight excluding hydrogens is 204 g/mol. The van der Waals surface area contributed by atoms with Gasteiger partial charge in [-0.05, 0) is 0 Å². The first kappa shape index (κ1) is 8.86. The zero-order valence-corrected chi connectivity index (χ0v) is 7.96. The first-order valence-corrected chi connectivity index (χ1v) is 5.18. The molecule has 0 aliphatic carbocycles. The molecule has 84 valence electrons. The third kappa shape index (κ3) is 1.20. The average molecular weight is 216 g/mol. The molecule has 4 saturated heterocycles. The van der Waals surface area contributed by atoms with Crippen molar-refractivity contribution in [3.05, 3.63) is 0 Å². The molecule has 0 saturated carbocycles. The van der Waals surface area contributed by atoms with E-state index in [9.17, 15) is 10.2 Å². The third-order valence-corrected chi connectivity index (χ3v) is 3.45. The van der Waals surface area contributed by atoms with E-state index < -0.39 is 18.0 Å². The van der Waals surface area contributed by atoms with Crippen LogP contribution in [-0.4, -0.2) is 53.0 Å². The Morgan fingerprint density at radius 2 is 1.93 bits per heavy atom. The summed E-state index contributed by atoms with van der Waals surface area (Å²) in [4.78, 5) is 0. The molecule has 1 spiro atoms. The summed E-state index contributed by atoms with van der Waals surface area (Å²) in [7, 11) is 0. The maximum atomic E-state index is 9.69. The van der Waals surface area contributed by atoms with Gasteiger partial charge in [-0.3, -0.25) is 0 Å². The lowest BCUT2D eigenvalue weighted by atomic mass is 10.0. The molecule has 0 bridgehead atoms. The van der Waals surface area contributed by atoms with Gasteiger partial charge in [0.1, 0.15) is 18.8 Å². The van der Waals surface area contributed by atoms with E-state index >= 15 is 0 Å². The number of aliphatic hydroxyl groups excluding tert-OH is 2. The van der Waals surface area contributed by atoms with Crippen LogP contribution in [0.2, 0.25) is 0 Å². The minimum Gasteiger partial charge on any atom is -0.393 e. The van der Waals surface area contributed by atoms with Gasteiger partial charge in [0.15, 0.2) is 0 Å². The number of hydrogen-bond donors (Lipinski definition) is 2. The highest BCUT2D eigenvalue weighted by Crippen LogP contribution is 2.59. The van der Waals surface area contributed by atoms with Crippen LogP contribution in [0.1, 0.15) is 12.8 Å². The predicted octanol–water partition coefficient (Wildman–Crippen LogP) is -1.30. The van der Waals surface area contributed by atoms with Gasteiger partial charge in [0.05, 0.1) is 6.10 Å². The van der Waals surface area contributed by atoms with Crippen LogP contribution in [0.15, 0.2) is 0 Å². The van der Waals surface area contributed by atoms with Crippen LogP contribution in [-0.2, 0) is 18.9 Å². The molecule has 0 aromatic rings. The van der Waals surface area contributed by atoms with Crippen LogP contribution in [0, 0.1) is 0 Å². The Bertz CT molecular complexity index is 308. The van der Waals surface area contributed by atoms with E-state index in [2.05, 4.69) is 0 Å². The van der Waals surface area contributed by atoms with Gasteiger partial charge >= 0.3 is 0 Å². The Labute approximate surface area is 85.7 Å². The Morgan fingerprint density at radius 3 is 2.40 bits per heavy atom. The van der Waals surface area contributed by atoms with Crippen molar-refractivity contribution in [3.8, 4) is 0 Å². The molecule has 4 aliphatic rings. The first-order valence-electron chi connectivity index (χ1n) is 5.18. The van der Waals surface area contributed by atoms with Gasteiger partial charge in [0, 0.05) is 12.8 Å². The SMILES string of the molecule is OC(CC1OC12CO2)CC(O)C12OC1O2. The summed E-state index contributed by atoms with van der Waals surface area (Å²) in [5.41, 5.74) is 0. The summed E-state index contributed by atoms with van der Waals surface area (Å²) in [5.74, 6) is -1.13. The predicted molar refractivity (Wildman–Crippen MR) is 43.5 cm³/mol. The third-order valence-electron chi connectivity index (χ3n) is 3.45. The van der Waals surface area contributed by atoms with Crippen LogP contribution in [0.3, 0.4) is 0 Å². The second kappa shape index (κ2) is 2.37. The van der Waals surface area contributed by atoms with Crippen LogP contribution < -0.4 is 0 Å².